The molecule has 0 fully saturated rings. The SMILES string of the molecule is Cc1[nH]c2cc(Cl)cc(Cl)c2c1CCn1cc(C(C)CN)nn1. The van der Waals surface area contributed by atoms with Crippen molar-refractivity contribution in [3.63, 3.8) is 0 Å². The molecule has 0 spiro atoms. The van der Waals surface area contributed by atoms with Crippen LogP contribution in [0.4, 0.5) is 0 Å². The number of hydrogen-bond acceptors (Lipinski definition) is 3. The third kappa shape index (κ3) is 3.22. The molecule has 23 heavy (non-hydrogen) atoms. The second-order valence-electron chi connectivity index (χ2n) is 5.83. The first-order valence-corrected chi connectivity index (χ1v) is 8.31. The van der Waals surface area contributed by atoms with Gasteiger partial charge in [0.1, 0.15) is 0 Å². The number of H-pyrrole nitrogens is 1. The first-order chi connectivity index (χ1) is 11.0. The smallest absolute Gasteiger partial charge is 0.0867 e. The summed E-state index contributed by atoms with van der Waals surface area (Å²) in [4.78, 5) is 3.35. The van der Waals surface area contributed by atoms with Gasteiger partial charge < -0.3 is 10.7 Å². The molecule has 2 heterocycles. The molecule has 0 aliphatic heterocycles. The largest absolute Gasteiger partial charge is 0.358 e. The average Bonchev–Trinajstić information content (AvgIpc) is 3.08. The van der Waals surface area contributed by atoms with E-state index in [-0.39, 0.29) is 5.92 Å². The lowest BCUT2D eigenvalue weighted by molar-refractivity contribution is 0.589. The van der Waals surface area contributed by atoms with Gasteiger partial charge in [0, 0.05) is 46.8 Å². The van der Waals surface area contributed by atoms with Crippen molar-refractivity contribution in [2.75, 3.05) is 6.54 Å². The Morgan fingerprint density at radius 1 is 1.35 bits per heavy atom. The third-order valence-electron chi connectivity index (χ3n) is 4.14. The summed E-state index contributed by atoms with van der Waals surface area (Å²) < 4.78 is 1.85. The highest BCUT2D eigenvalue weighted by Gasteiger charge is 2.14. The topological polar surface area (TPSA) is 72.5 Å². The Labute approximate surface area is 144 Å². The molecule has 1 aromatic carbocycles. The van der Waals surface area contributed by atoms with E-state index in [0.717, 1.165) is 35.3 Å². The lowest BCUT2D eigenvalue weighted by Gasteiger charge is -2.04. The van der Waals surface area contributed by atoms with Gasteiger partial charge in [-0.15, -0.1) is 5.10 Å². The number of benzene rings is 1. The van der Waals surface area contributed by atoms with Crippen LogP contribution in [0.25, 0.3) is 10.9 Å². The molecule has 1 atom stereocenters. The lowest BCUT2D eigenvalue weighted by atomic mass is 10.1. The molecule has 0 saturated carbocycles. The zero-order valence-electron chi connectivity index (χ0n) is 13.1. The van der Waals surface area contributed by atoms with Gasteiger partial charge in [-0.2, -0.15) is 0 Å². The van der Waals surface area contributed by atoms with Gasteiger partial charge >= 0.3 is 0 Å². The van der Waals surface area contributed by atoms with E-state index in [1.165, 1.54) is 5.56 Å². The second kappa shape index (κ2) is 6.51. The van der Waals surface area contributed by atoms with E-state index in [2.05, 4.69) is 15.3 Å². The molecule has 3 N–H and O–H groups in total. The van der Waals surface area contributed by atoms with E-state index in [1.807, 2.05) is 30.8 Å². The van der Waals surface area contributed by atoms with Crippen LogP contribution in [0.5, 0.6) is 0 Å². The number of nitrogens with two attached hydrogens (primary N) is 1. The first-order valence-electron chi connectivity index (χ1n) is 7.56. The number of nitrogens with one attached hydrogen (secondary N) is 1. The van der Waals surface area contributed by atoms with E-state index in [1.54, 1.807) is 6.07 Å². The van der Waals surface area contributed by atoms with Crippen molar-refractivity contribution in [3.8, 4) is 0 Å². The predicted octanol–water partition coefficient (Wildman–Crippen LogP) is 3.68. The van der Waals surface area contributed by atoms with Crippen molar-refractivity contribution in [1.82, 2.24) is 20.0 Å². The molecule has 122 valence electrons. The lowest BCUT2D eigenvalue weighted by Crippen LogP contribution is -2.09. The number of fused-ring (bicyclic) bond motifs is 1. The summed E-state index contributed by atoms with van der Waals surface area (Å²) in [6.07, 6.45) is 2.77. The Balaban J connectivity index is 1.85. The number of halogens is 2. The van der Waals surface area contributed by atoms with Gasteiger partial charge in [-0.1, -0.05) is 35.3 Å². The van der Waals surface area contributed by atoms with Gasteiger partial charge in [0.2, 0.25) is 0 Å². The van der Waals surface area contributed by atoms with Gasteiger partial charge in [-0.3, -0.25) is 4.68 Å². The molecule has 0 saturated heterocycles. The van der Waals surface area contributed by atoms with Crippen molar-refractivity contribution in [1.29, 1.82) is 0 Å². The van der Waals surface area contributed by atoms with E-state index in [4.69, 9.17) is 28.9 Å². The molecule has 7 heteroatoms. The molecule has 0 aliphatic rings. The minimum absolute atomic E-state index is 0.218. The number of rotatable bonds is 5. The van der Waals surface area contributed by atoms with Gasteiger partial charge in [0.15, 0.2) is 0 Å². The van der Waals surface area contributed by atoms with Gasteiger partial charge in [-0.25, -0.2) is 0 Å². The first kappa shape index (κ1) is 16.3. The Kier molecular flexibility index (Phi) is 4.62. The quantitative estimate of drug-likeness (QED) is 0.736. The van der Waals surface area contributed by atoms with E-state index >= 15 is 0 Å². The Morgan fingerprint density at radius 2 is 2.13 bits per heavy atom. The number of aromatic amines is 1. The summed E-state index contributed by atoms with van der Waals surface area (Å²) in [5.74, 6) is 0.218. The molecule has 0 amide bonds. The summed E-state index contributed by atoms with van der Waals surface area (Å²) in [5.41, 5.74) is 9.84. The molecule has 1 unspecified atom stereocenters. The number of aryl methyl sites for hydroxylation is 3. The molecule has 5 nitrogen and oxygen atoms in total. The van der Waals surface area contributed by atoms with Crippen molar-refractivity contribution >= 4 is 34.1 Å². The zero-order chi connectivity index (χ0) is 16.6. The predicted molar refractivity (Wildman–Crippen MR) is 94.3 cm³/mol. The summed E-state index contributed by atoms with van der Waals surface area (Å²) >= 11 is 12.4. The van der Waals surface area contributed by atoms with Crippen LogP contribution in [-0.4, -0.2) is 26.5 Å². The van der Waals surface area contributed by atoms with E-state index in [9.17, 15) is 0 Å². The molecule has 0 aliphatic carbocycles. The summed E-state index contributed by atoms with van der Waals surface area (Å²) in [7, 11) is 0. The highest BCUT2D eigenvalue weighted by atomic mass is 35.5. The Hall–Kier alpha value is -1.56. The van der Waals surface area contributed by atoms with Crippen LogP contribution in [0.3, 0.4) is 0 Å². The molecular formula is C16H19Cl2N5. The van der Waals surface area contributed by atoms with Crippen LogP contribution in [0.15, 0.2) is 18.3 Å². The van der Waals surface area contributed by atoms with Crippen LogP contribution < -0.4 is 5.73 Å². The maximum Gasteiger partial charge on any atom is 0.0867 e. The number of aromatic nitrogens is 4. The minimum atomic E-state index is 0.218. The zero-order valence-corrected chi connectivity index (χ0v) is 14.6. The van der Waals surface area contributed by atoms with Gasteiger partial charge in [-0.05, 0) is 31.0 Å². The van der Waals surface area contributed by atoms with Crippen LogP contribution in [0.2, 0.25) is 10.0 Å². The number of nitrogens with zero attached hydrogens (tertiary/aromatic N) is 3. The van der Waals surface area contributed by atoms with E-state index < -0.39 is 0 Å². The van der Waals surface area contributed by atoms with E-state index in [0.29, 0.717) is 16.6 Å². The summed E-state index contributed by atoms with van der Waals surface area (Å²) in [6.45, 7) is 5.39. The molecule has 0 radical (unpaired) electrons. The minimum Gasteiger partial charge on any atom is -0.358 e. The van der Waals surface area contributed by atoms with Crippen molar-refractivity contribution < 1.29 is 0 Å². The highest BCUT2D eigenvalue weighted by Crippen LogP contribution is 2.32. The molecular weight excluding hydrogens is 333 g/mol. The molecule has 3 aromatic rings. The fourth-order valence-corrected chi connectivity index (χ4v) is 3.36. The fourth-order valence-electron chi connectivity index (χ4n) is 2.75. The second-order valence-corrected chi connectivity index (χ2v) is 6.68. The highest BCUT2D eigenvalue weighted by molar-refractivity contribution is 6.38. The summed E-state index contributed by atoms with van der Waals surface area (Å²) in [5, 5.41) is 10.7. The third-order valence-corrected chi connectivity index (χ3v) is 4.65. The molecule has 0 bridgehead atoms. The Bertz CT molecular complexity index is 836. The fraction of sp³-hybridized carbons (Fsp3) is 0.375. The maximum absolute atomic E-state index is 6.37. The summed E-state index contributed by atoms with van der Waals surface area (Å²) in [6, 6.07) is 3.68. The average molecular weight is 352 g/mol. The van der Waals surface area contributed by atoms with Crippen LogP contribution >= 0.6 is 23.2 Å². The van der Waals surface area contributed by atoms with Crippen LogP contribution in [0, 0.1) is 6.92 Å². The van der Waals surface area contributed by atoms with Crippen LogP contribution in [0.1, 0.15) is 29.8 Å². The standard InChI is InChI=1S/C16H19Cl2N5/c1-9(7-19)15-8-23(22-21-15)4-3-12-10(2)20-14-6-11(17)5-13(18)16(12)14/h5-6,8-9,20H,3-4,7,19H2,1-2H3. The van der Waals surface area contributed by atoms with Crippen LogP contribution in [-0.2, 0) is 13.0 Å². The number of hydrogen-bond donors (Lipinski definition) is 2. The molecule has 3 rings (SSSR count). The normalized spacial score (nSPS) is 12.9. The van der Waals surface area contributed by atoms with Crippen molar-refractivity contribution in [2.24, 2.45) is 5.73 Å². The maximum atomic E-state index is 6.37. The molecule has 2 aromatic heterocycles. The van der Waals surface area contributed by atoms with Gasteiger partial charge in [0.05, 0.1) is 10.7 Å². The van der Waals surface area contributed by atoms with Gasteiger partial charge in [0.25, 0.3) is 0 Å². The van der Waals surface area contributed by atoms with Crippen molar-refractivity contribution in [3.05, 3.63) is 45.3 Å². The Morgan fingerprint density at radius 3 is 2.87 bits per heavy atom. The monoisotopic (exact) mass is 351 g/mol. The van der Waals surface area contributed by atoms with Crippen molar-refractivity contribution in [2.45, 2.75) is 32.7 Å².